The lowest BCUT2D eigenvalue weighted by Crippen LogP contribution is -2.45. The quantitative estimate of drug-likeness (QED) is 0.372. The molecule has 0 spiro atoms. The number of rotatable bonds is 7. The van der Waals surface area contributed by atoms with E-state index in [2.05, 4.69) is 9.72 Å². The highest BCUT2D eigenvalue weighted by molar-refractivity contribution is 6.62. The van der Waals surface area contributed by atoms with Crippen LogP contribution in [0.25, 0.3) is 0 Å². The summed E-state index contributed by atoms with van der Waals surface area (Å²) >= 11 is 6.32. The Hall–Kier alpha value is -2.48. The molecule has 9 nitrogen and oxygen atoms in total. The summed E-state index contributed by atoms with van der Waals surface area (Å²) in [7, 11) is 1.71. The minimum atomic E-state index is -4.85. The van der Waals surface area contributed by atoms with Gasteiger partial charge < -0.3 is 32.8 Å². The van der Waals surface area contributed by atoms with Gasteiger partial charge in [0.2, 0.25) is 5.28 Å². The standard InChI is InChI=1S/C24H29BClF3N2O7/c1-22(2)23(3,38-25(37-22)14-6-7-17(18(12-14)33-4)36-24(27,28)29)10-8-15-13-31-16(9-11-35-15)19(20(32)34-5)30-21(31)26/h6-7,12,15H,8-11,13H2,1-5H3/t15-,23?/m1/s1. The first-order valence-electron chi connectivity index (χ1n) is 12.0. The number of carbonyl (C=O) groups excluding carboxylic acids is 1. The van der Waals surface area contributed by atoms with E-state index >= 15 is 0 Å². The predicted octanol–water partition coefficient (Wildman–Crippen LogP) is 3.93. The molecule has 1 aromatic heterocycles. The molecule has 14 heteroatoms. The Morgan fingerprint density at radius 2 is 1.97 bits per heavy atom. The average molecular weight is 561 g/mol. The maximum atomic E-state index is 12.7. The maximum absolute atomic E-state index is 12.7. The molecule has 38 heavy (non-hydrogen) atoms. The van der Waals surface area contributed by atoms with Gasteiger partial charge in [-0.1, -0.05) is 6.07 Å². The summed E-state index contributed by atoms with van der Waals surface area (Å²) < 4.78 is 72.5. The number of alkyl halides is 3. The van der Waals surface area contributed by atoms with Gasteiger partial charge in [0, 0.05) is 6.42 Å². The molecule has 2 atom stereocenters. The number of halogens is 4. The third kappa shape index (κ3) is 5.75. The second-order valence-electron chi connectivity index (χ2n) is 9.83. The third-order valence-corrected chi connectivity index (χ3v) is 7.44. The Balaban J connectivity index is 1.47. The molecule has 1 saturated heterocycles. The van der Waals surface area contributed by atoms with Gasteiger partial charge in [0.25, 0.3) is 0 Å². The highest BCUT2D eigenvalue weighted by Gasteiger charge is 2.54. The second kappa shape index (κ2) is 10.6. The summed E-state index contributed by atoms with van der Waals surface area (Å²) in [4.78, 5) is 16.2. The molecule has 2 aliphatic heterocycles. The highest BCUT2D eigenvalue weighted by Crippen LogP contribution is 2.42. The van der Waals surface area contributed by atoms with Gasteiger partial charge >= 0.3 is 19.5 Å². The first-order chi connectivity index (χ1) is 17.8. The number of aromatic nitrogens is 2. The molecule has 208 valence electrons. The molecule has 0 N–H and O–H groups in total. The van der Waals surface area contributed by atoms with Gasteiger partial charge in [-0.2, -0.15) is 0 Å². The number of esters is 1. The summed E-state index contributed by atoms with van der Waals surface area (Å²) in [6.07, 6.45) is -3.50. The SMILES string of the molecule is COC(=O)c1nc(Cl)n2c1CCO[C@H](CCC1(C)OB(c3ccc(OC(F)(F)F)c(OC)c3)OC1(C)C)C2. The molecule has 0 aliphatic carbocycles. The van der Waals surface area contributed by atoms with Crippen LogP contribution in [-0.2, 0) is 31.7 Å². The predicted molar refractivity (Wildman–Crippen MR) is 131 cm³/mol. The van der Waals surface area contributed by atoms with Crippen LogP contribution < -0.4 is 14.9 Å². The van der Waals surface area contributed by atoms with Gasteiger partial charge in [-0.05, 0) is 62.8 Å². The van der Waals surface area contributed by atoms with Crippen molar-refractivity contribution in [1.29, 1.82) is 0 Å². The fourth-order valence-corrected chi connectivity index (χ4v) is 4.93. The normalized spacial score (nSPS) is 23.1. The molecule has 0 amide bonds. The number of hydrogen-bond donors (Lipinski definition) is 0. The van der Waals surface area contributed by atoms with Crippen molar-refractivity contribution in [2.24, 2.45) is 0 Å². The van der Waals surface area contributed by atoms with E-state index in [0.29, 0.717) is 43.6 Å². The van der Waals surface area contributed by atoms with Gasteiger partial charge in [-0.25, -0.2) is 9.78 Å². The average Bonchev–Trinajstić information content (AvgIpc) is 3.16. The lowest BCUT2D eigenvalue weighted by atomic mass is 9.79. The Labute approximate surface area is 223 Å². The smallest absolute Gasteiger partial charge is 0.493 e. The van der Waals surface area contributed by atoms with Gasteiger partial charge in [-0.3, -0.25) is 0 Å². The zero-order valence-corrected chi connectivity index (χ0v) is 22.4. The van der Waals surface area contributed by atoms with Crippen LogP contribution in [0, 0.1) is 0 Å². The Morgan fingerprint density at radius 3 is 2.63 bits per heavy atom. The van der Waals surface area contributed by atoms with Crippen molar-refractivity contribution in [3.63, 3.8) is 0 Å². The van der Waals surface area contributed by atoms with Crippen LogP contribution in [0.4, 0.5) is 13.2 Å². The number of imidazole rings is 1. The fraction of sp³-hybridized carbons (Fsp3) is 0.583. The van der Waals surface area contributed by atoms with Crippen molar-refractivity contribution in [3.05, 3.63) is 34.9 Å². The highest BCUT2D eigenvalue weighted by atomic mass is 35.5. The van der Waals surface area contributed by atoms with Crippen LogP contribution in [0.5, 0.6) is 11.5 Å². The van der Waals surface area contributed by atoms with Crippen LogP contribution in [0.15, 0.2) is 18.2 Å². The van der Waals surface area contributed by atoms with E-state index in [0.717, 1.165) is 0 Å². The largest absolute Gasteiger partial charge is 0.573 e. The number of methoxy groups -OCH3 is 2. The Kier molecular flexibility index (Phi) is 7.95. The number of ether oxygens (including phenoxy) is 4. The van der Waals surface area contributed by atoms with Crippen LogP contribution >= 0.6 is 11.6 Å². The van der Waals surface area contributed by atoms with E-state index in [1.807, 2.05) is 20.8 Å². The van der Waals surface area contributed by atoms with Gasteiger partial charge in [0.1, 0.15) is 0 Å². The van der Waals surface area contributed by atoms with E-state index in [4.69, 9.17) is 35.1 Å². The van der Waals surface area contributed by atoms with Crippen molar-refractivity contribution in [2.75, 3.05) is 20.8 Å². The number of fused-ring (bicyclic) bond motifs is 1. The maximum Gasteiger partial charge on any atom is 0.573 e. The second-order valence-corrected chi connectivity index (χ2v) is 10.2. The van der Waals surface area contributed by atoms with E-state index in [-0.39, 0.29) is 22.8 Å². The molecule has 0 bridgehead atoms. The molecular formula is C24H29BClF3N2O7. The van der Waals surface area contributed by atoms with Crippen molar-refractivity contribution >= 4 is 30.2 Å². The summed E-state index contributed by atoms with van der Waals surface area (Å²) in [5.41, 5.74) is -0.160. The number of benzene rings is 1. The molecule has 3 heterocycles. The van der Waals surface area contributed by atoms with E-state index in [1.54, 1.807) is 4.57 Å². The van der Waals surface area contributed by atoms with Crippen molar-refractivity contribution in [1.82, 2.24) is 9.55 Å². The summed E-state index contributed by atoms with van der Waals surface area (Å²) in [6.45, 7) is 6.49. The van der Waals surface area contributed by atoms with E-state index in [1.165, 1.54) is 32.4 Å². The number of hydrogen-bond acceptors (Lipinski definition) is 8. The molecule has 0 radical (unpaired) electrons. The Bertz CT molecular complexity index is 1190. The minimum Gasteiger partial charge on any atom is -0.493 e. The monoisotopic (exact) mass is 560 g/mol. The first-order valence-corrected chi connectivity index (χ1v) is 12.4. The van der Waals surface area contributed by atoms with Crippen LogP contribution in [0.1, 0.15) is 49.8 Å². The zero-order chi connectivity index (χ0) is 27.9. The van der Waals surface area contributed by atoms with Crippen molar-refractivity contribution < 1.29 is 46.2 Å². The van der Waals surface area contributed by atoms with Gasteiger partial charge in [0.05, 0.1) is 50.4 Å². The Morgan fingerprint density at radius 1 is 1.24 bits per heavy atom. The molecule has 1 aromatic carbocycles. The van der Waals surface area contributed by atoms with E-state index < -0.39 is 36.4 Å². The zero-order valence-electron chi connectivity index (χ0n) is 21.7. The summed E-state index contributed by atoms with van der Waals surface area (Å²) in [6, 6.07) is 4.03. The fourth-order valence-electron chi connectivity index (χ4n) is 4.68. The number of carbonyl (C=O) groups is 1. The minimum absolute atomic E-state index is 0.0929. The molecule has 4 rings (SSSR count). The van der Waals surface area contributed by atoms with E-state index in [9.17, 15) is 18.0 Å². The molecule has 2 aliphatic rings. The van der Waals surface area contributed by atoms with Crippen LogP contribution in [0.2, 0.25) is 5.28 Å². The van der Waals surface area contributed by atoms with Gasteiger partial charge in [-0.15, -0.1) is 13.2 Å². The molecule has 1 fully saturated rings. The van der Waals surface area contributed by atoms with Gasteiger partial charge in [0.15, 0.2) is 17.2 Å². The lowest BCUT2D eigenvalue weighted by molar-refractivity contribution is -0.275. The molecule has 1 unspecified atom stereocenters. The molecule has 2 aromatic rings. The van der Waals surface area contributed by atoms with Crippen LogP contribution in [0.3, 0.4) is 0 Å². The lowest BCUT2D eigenvalue weighted by Gasteiger charge is -2.37. The van der Waals surface area contributed by atoms with Crippen molar-refractivity contribution in [2.45, 2.75) is 70.2 Å². The number of nitrogens with zero attached hydrogens (tertiary/aromatic N) is 2. The van der Waals surface area contributed by atoms with Crippen LogP contribution in [-0.4, -0.2) is 67.1 Å². The summed E-state index contributed by atoms with van der Waals surface area (Å²) in [5, 5.41) is 0.190. The third-order valence-electron chi connectivity index (χ3n) is 7.15. The first kappa shape index (κ1) is 28.5. The topological polar surface area (TPSA) is 90.3 Å². The molecular weight excluding hydrogens is 532 g/mol. The summed E-state index contributed by atoms with van der Waals surface area (Å²) in [5.74, 6) is -1.10. The molecule has 0 saturated carbocycles. The van der Waals surface area contributed by atoms with Crippen molar-refractivity contribution in [3.8, 4) is 11.5 Å².